The van der Waals surface area contributed by atoms with Crippen LogP contribution >= 0.6 is 11.3 Å². The van der Waals surface area contributed by atoms with Crippen molar-refractivity contribution < 1.29 is 5.11 Å². The van der Waals surface area contributed by atoms with E-state index in [1.807, 2.05) is 11.3 Å². The van der Waals surface area contributed by atoms with Crippen LogP contribution in [-0.2, 0) is 6.54 Å². The molecule has 3 rings (SSSR count). The van der Waals surface area contributed by atoms with Crippen LogP contribution in [0.5, 0.6) is 0 Å². The second-order valence-corrected chi connectivity index (χ2v) is 6.15. The zero-order chi connectivity index (χ0) is 11.7. The molecule has 0 radical (unpaired) electrons. The van der Waals surface area contributed by atoms with Crippen molar-refractivity contribution in [2.75, 3.05) is 26.2 Å². The van der Waals surface area contributed by atoms with Crippen LogP contribution in [0.4, 0.5) is 0 Å². The van der Waals surface area contributed by atoms with Crippen LogP contribution in [0.3, 0.4) is 0 Å². The molecule has 0 saturated carbocycles. The summed E-state index contributed by atoms with van der Waals surface area (Å²) in [6.45, 7) is 4.63. The Labute approximate surface area is 107 Å². The van der Waals surface area contributed by atoms with Gasteiger partial charge < -0.3 is 5.11 Å². The normalized spacial score (nSPS) is 29.9. The molecule has 17 heavy (non-hydrogen) atoms. The van der Waals surface area contributed by atoms with Gasteiger partial charge in [-0.3, -0.25) is 9.80 Å². The Bertz CT molecular complexity index is 340. The van der Waals surface area contributed by atoms with E-state index >= 15 is 0 Å². The summed E-state index contributed by atoms with van der Waals surface area (Å²) in [5.41, 5.74) is 0. The molecule has 0 spiro atoms. The minimum Gasteiger partial charge on any atom is -0.395 e. The van der Waals surface area contributed by atoms with Crippen LogP contribution < -0.4 is 0 Å². The summed E-state index contributed by atoms with van der Waals surface area (Å²) in [5.74, 6) is 0. The topological polar surface area (TPSA) is 26.7 Å². The van der Waals surface area contributed by atoms with E-state index < -0.39 is 0 Å². The maximum atomic E-state index is 9.10. The van der Waals surface area contributed by atoms with Crippen LogP contribution in [0.1, 0.15) is 17.7 Å². The zero-order valence-electron chi connectivity index (χ0n) is 10.1. The van der Waals surface area contributed by atoms with Gasteiger partial charge in [-0.05, 0) is 24.3 Å². The first-order chi connectivity index (χ1) is 8.36. The highest BCUT2D eigenvalue weighted by atomic mass is 32.1. The van der Waals surface area contributed by atoms with E-state index in [9.17, 15) is 0 Å². The average Bonchev–Trinajstić information content (AvgIpc) is 2.88. The number of fused-ring (bicyclic) bond motifs is 2. The quantitative estimate of drug-likeness (QED) is 0.877. The highest BCUT2D eigenvalue weighted by molar-refractivity contribution is 7.09. The molecule has 2 atom stereocenters. The van der Waals surface area contributed by atoms with Crippen LogP contribution in [0.15, 0.2) is 17.5 Å². The van der Waals surface area contributed by atoms with Crippen molar-refractivity contribution in [2.45, 2.75) is 31.5 Å². The van der Waals surface area contributed by atoms with Gasteiger partial charge in [0.25, 0.3) is 0 Å². The minimum atomic E-state index is 0.303. The van der Waals surface area contributed by atoms with E-state index in [0.717, 1.165) is 13.1 Å². The van der Waals surface area contributed by atoms with Crippen LogP contribution in [0, 0.1) is 0 Å². The van der Waals surface area contributed by atoms with E-state index in [4.69, 9.17) is 5.11 Å². The SMILES string of the molecule is OCCN1C2CCC1CN(Cc1cccs1)C2. The van der Waals surface area contributed by atoms with Gasteiger partial charge >= 0.3 is 0 Å². The van der Waals surface area contributed by atoms with Crippen molar-refractivity contribution in [1.82, 2.24) is 9.80 Å². The van der Waals surface area contributed by atoms with Crippen molar-refractivity contribution in [3.63, 3.8) is 0 Å². The summed E-state index contributed by atoms with van der Waals surface area (Å²) in [6, 6.07) is 5.73. The Morgan fingerprint density at radius 1 is 1.29 bits per heavy atom. The summed E-state index contributed by atoms with van der Waals surface area (Å²) in [4.78, 5) is 6.58. The number of likely N-dealkylation sites (tertiary alicyclic amines) is 1. The molecule has 1 N–H and O–H groups in total. The lowest BCUT2D eigenvalue weighted by Crippen LogP contribution is -2.53. The highest BCUT2D eigenvalue weighted by Crippen LogP contribution is 2.30. The molecule has 0 amide bonds. The molecule has 2 fully saturated rings. The number of piperazine rings is 1. The Balaban J connectivity index is 1.61. The van der Waals surface area contributed by atoms with Gasteiger partial charge in [0.2, 0.25) is 0 Å². The molecule has 2 aliphatic heterocycles. The monoisotopic (exact) mass is 252 g/mol. The standard InChI is InChI=1S/C13H20N2OS/c16-6-5-15-11-3-4-12(15)9-14(8-11)10-13-2-1-7-17-13/h1-2,7,11-12,16H,3-6,8-10H2. The Morgan fingerprint density at radius 3 is 2.65 bits per heavy atom. The predicted molar refractivity (Wildman–Crippen MR) is 70.2 cm³/mol. The average molecular weight is 252 g/mol. The van der Waals surface area contributed by atoms with Crippen LogP contribution in [0.2, 0.25) is 0 Å². The van der Waals surface area contributed by atoms with Gasteiger partial charge in [0.05, 0.1) is 6.61 Å². The molecule has 1 aromatic heterocycles. The number of aliphatic hydroxyl groups excluding tert-OH is 1. The van der Waals surface area contributed by atoms with E-state index in [2.05, 4.69) is 27.3 Å². The number of rotatable bonds is 4. The fourth-order valence-electron chi connectivity index (χ4n) is 3.31. The van der Waals surface area contributed by atoms with Crippen molar-refractivity contribution in [1.29, 1.82) is 0 Å². The molecule has 3 nitrogen and oxygen atoms in total. The Morgan fingerprint density at radius 2 is 2.06 bits per heavy atom. The summed E-state index contributed by atoms with van der Waals surface area (Å²) in [6.07, 6.45) is 2.62. The lowest BCUT2D eigenvalue weighted by atomic mass is 10.2. The fourth-order valence-corrected chi connectivity index (χ4v) is 4.06. The summed E-state index contributed by atoms with van der Waals surface area (Å²) < 4.78 is 0. The van der Waals surface area contributed by atoms with E-state index in [0.29, 0.717) is 18.7 Å². The van der Waals surface area contributed by atoms with Gasteiger partial charge in [-0.2, -0.15) is 0 Å². The molecule has 4 heteroatoms. The molecule has 3 heterocycles. The first-order valence-corrected chi connectivity index (χ1v) is 7.36. The van der Waals surface area contributed by atoms with Crippen LogP contribution in [-0.4, -0.2) is 53.2 Å². The number of aliphatic hydroxyl groups is 1. The van der Waals surface area contributed by atoms with Gasteiger partial charge in [-0.1, -0.05) is 6.07 Å². The zero-order valence-corrected chi connectivity index (χ0v) is 10.9. The third-order valence-corrected chi connectivity index (χ3v) is 4.89. The third kappa shape index (κ3) is 2.40. The second-order valence-electron chi connectivity index (χ2n) is 5.12. The number of nitrogens with zero attached hydrogens (tertiary/aromatic N) is 2. The van der Waals surface area contributed by atoms with Gasteiger partial charge in [0, 0.05) is 43.1 Å². The first kappa shape index (κ1) is 11.7. The maximum Gasteiger partial charge on any atom is 0.0558 e. The lowest BCUT2D eigenvalue weighted by Gasteiger charge is -2.40. The smallest absolute Gasteiger partial charge is 0.0558 e. The molecular formula is C13H20N2OS. The highest BCUT2D eigenvalue weighted by Gasteiger charge is 2.39. The predicted octanol–water partition coefficient (Wildman–Crippen LogP) is 1.39. The van der Waals surface area contributed by atoms with Gasteiger partial charge in [-0.25, -0.2) is 0 Å². The van der Waals surface area contributed by atoms with E-state index in [-0.39, 0.29) is 0 Å². The summed E-state index contributed by atoms with van der Waals surface area (Å²) in [7, 11) is 0. The Hall–Kier alpha value is -0.420. The molecule has 94 valence electrons. The van der Waals surface area contributed by atoms with Gasteiger partial charge in [-0.15, -0.1) is 11.3 Å². The summed E-state index contributed by atoms with van der Waals surface area (Å²) in [5, 5.41) is 11.3. The Kier molecular flexibility index (Phi) is 3.47. The van der Waals surface area contributed by atoms with Crippen LogP contribution in [0.25, 0.3) is 0 Å². The lowest BCUT2D eigenvalue weighted by molar-refractivity contribution is 0.0499. The third-order valence-electron chi connectivity index (χ3n) is 4.03. The minimum absolute atomic E-state index is 0.303. The van der Waals surface area contributed by atoms with E-state index in [1.165, 1.54) is 30.8 Å². The largest absolute Gasteiger partial charge is 0.395 e. The molecule has 0 aromatic carbocycles. The number of thiophene rings is 1. The second kappa shape index (κ2) is 5.06. The molecule has 2 bridgehead atoms. The number of hydrogen-bond acceptors (Lipinski definition) is 4. The maximum absolute atomic E-state index is 9.10. The number of hydrogen-bond donors (Lipinski definition) is 1. The van der Waals surface area contributed by atoms with Crippen molar-refractivity contribution in [3.05, 3.63) is 22.4 Å². The van der Waals surface area contributed by atoms with Gasteiger partial charge in [0.15, 0.2) is 0 Å². The van der Waals surface area contributed by atoms with Crippen molar-refractivity contribution in [2.24, 2.45) is 0 Å². The molecule has 0 aliphatic carbocycles. The first-order valence-electron chi connectivity index (χ1n) is 6.48. The molecular weight excluding hydrogens is 232 g/mol. The fraction of sp³-hybridized carbons (Fsp3) is 0.692. The molecule has 2 aliphatic rings. The molecule has 2 saturated heterocycles. The van der Waals surface area contributed by atoms with Crippen molar-refractivity contribution in [3.8, 4) is 0 Å². The van der Waals surface area contributed by atoms with Crippen molar-refractivity contribution >= 4 is 11.3 Å². The summed E-state index contributed by atoms with van der Waals surface area (Å²) >= 11 is 1.86. The van der Waals surface area contributed by atoms with E-state index in [1.54, 1.807) is 0 Å². The molecule has 2 unspecified atom stereocenters. The van der Waals surface area contributed by atoms with Gasteiger partial charge in [0.1, 0.15) is 0 Å². The molecule has 1 aromatic rings.